The Morgan fingerprint density at radius 3 is 2.37 bits per heavy atom. The van der Waals surface area contributed by atoms with Crippen molar-refractivity contribution in [1.82, 2.24) is 14.5 Å². The van der Waals surface area contributed by atoms with Gasteiger partial charge >= 0.3 is 0 Å². The number of hydrogen-bond acceptors (Lipinski definition) is 3. The van der Waals surface area contributed by atoms with Gasteiger partial charge in [-0.05, 0) is 42.3 Å². The highest BCUT2D eigenvalue weighted by Gasteiger charge is 2.11. The lowest BCUT2D eigenvalue weighted by atomic mass is 10.0. The summed E-state index contributed by atoms with van der Waals surface area (Å²) >= 11 is 0. The van der Waals surface area contributed by atoms with Crippen molar-refractivity contribution in [2.75, 3.05) is 25.0 Å². The monoisotopic (exact) mass is 364 g/mol. The summed E-state index contributed by atoms with van der Waals surface area (Å²) in [6.07, 6.45) is 0. The first-order valence-electron chi connectivity index (χ1n) is 10.1. The number of fused-ring (bicyclic) bond motifs is 1. The van der Waals surface area contributed by atoms with Crippen LogP contribution in [0.1, 0.15) is 44.7 Å². The van der Waals surface area contributed by atoms with E-state index in [-0.39, 0.29) is 0 Å². The third-order valence-corrected chi connectivity index (χ3v) is 5.29. The van der Waals surface area contributed by atoms with E-state index in [9.17, 15) is 0 Å². The number of imidazole rings is 1. The molecule has 4 nitrogen and oxygen atoms in total. The number of nitrogens with zero attached hydrogens (tertiary/aromatic N) is 3. The highest BCUT2D eigenvalue weighted by molar-refractivity contribution is 5.78. The normalized spacial score (nSPS) is 11.6. The van der Waals surface area contributed by atoms with Crippen molar-refractivity contribution in [1.29, 1.82) is 0 Å². The van der Waals surface area contributed by atoms with Gasteiger partial charge in [0.2, 0.25) is 5.95 Å². The number of rotatable bonds is 9. The van der Waals surface area contributed by atoms with E-state index in [1.54, 1.807) is 0 Å². The Morgan fingerprint density at radius 2 is 1.70 bits per heavy atom. The number of para-hydroxylation sites is 2. The largest absolute Gasteiger partial charge is 0.352 e. The zero-order valence-corrected chi connectivity index (χ0v) is 17.1. The summed E-state index contributed by atoms with van der Waals surface area (Å²) < 4.78 is 2.32. The fourth-order valence-corrected chi connectivity index (χ4v) is 3.42. The molecule has 0 aliphatic carbocycles. The number of nitrogens with one attached hydrogen (secondary N) is 1. The average Bonchev–Trinajstić information content (AvgIpc) is 3.05. The minimum Gasteiger partial charge on any atom is -0.352 e. The van der Waals surface area contributed by atoms with Gasteiger partial charge in [0.05, 0.1) is 11.0 Å². The summed E-state index contributed by atoms with van der Waals surface area (Å²) in [5.41, 5.74) is 4.91. The van der Waals surface area contributed by atoms with E-state index in [2.05, 4.69) is 91.0 Å². The summed E-state index contributed by atoms with van der Waals surface area (Å²) in [6.45, 7) is 13.8. The van der Waals surface area contributed by atoms with Gasteiger partial charge in [-0.1, -0.05) is 64.1 Å². The minimum atomic E-state index is 0.566. The molecule has 0 saturated carbocycles. The Morgan fingerprint density at radius 1 is 1.00 bits per heavy atom. The van der Waals surface area contributed by atoms with Gasteiger partial charge in [0, 0.05) is 19.6 Å². The molecule has 0 saturated heterocycles. The number of hydrogen-bond donors (Lipinski definition) is 1. The van der Waals surface area contributed by atoms with Crippen molar-refractivity contribution in [3.8, 4) is 0 Å². The van der Waals surface area contributed by atoms with Crippen molar-refractivity contribution in [2.45, 2.75) is 46.7 Å². The fraction of sp³-hybridized carbons (Fsp3) is 0.435. The molecule has 0 bridgehead atoms. The molecule has 0 amide bonds. The van der Waals surface area contributed by atoms with Crippen LogP contribution in [0.3, 0.4) is 0 Å². The van der Waals surface area contributed by atoms with Crippen LogP contribution in [0.25, 0.3) is 11.0 Å². The second-order valence-electron chi connectivity index (χ2n) is 7.35. The van der Waals surface area contributed by atoms with Gasteiger partial charge in [0.15, 0.2) is 0 Å². The molecule has 0 spiro atoms. The standard InChI is InChI=1S/C23H32N4/c1-5-26(6-2)15-16-27-22-10-8-7-9-21(22)25-23(27)24-17-19-11-13-20(14-12-19)18(3)4/h7-14,18H,5-6,15-17H2,1-4H3,(H,24,25). The molecule has 1 heterocycles. The Hall–Kier alpha value is -2.33. The van der Waals surface area contributed by atoms with Gasteiger partial charge in [0.25, 0.3) is 0 Å². The van der Waals surface area contributed by atoms with Crippen molar-refractivity contribution >= 4 is 17.0 Å². The summed E-state index contributed by atoms with van der Waals surface area (Å²) in [5.74, 6) is 1.52. The van der Waals surface area contributed by atoms with Gasteiger partial charge in [-0.15, -0.1) is 0 Å². The second kappa shape index (κ2) is 9.05. The van der Waals surface area contributed by atoms with Crippen LogP contribution in [0.4, 0.5) is 5.95 Å². The maximum absolute atomic E-state index is 4.84. The molecule has 4 heteroatoms. The van der Waals surface area contributed by atoms with Crippen LogP contribution in [0.2, 0.25) is 0 Å². The number of likely N-dealkylation sites (N-methyl/N-ethyl adjacent to an activating group) is 1. The van der Waals surface area contributed by atoms with Gasteiger partial charge in [-0.25, -0.2) is 4.98 Å². The van der Waals surface area contributed by atoms with Gasteiger partial charge in [0.1, 0.15) is 0 Å². The van der Waals surface area contributed by atoms with Crippen LogP contribution in [0.15, 0.2) is 48.5 Å². The third-order valence-electron chi connectivity index (χ3n) is 5.29. The van der Waals surface area contributed by atoms with Crippen LogP contribution >= 0.6 is 0 Å². The zero-order valence-electron chi connectivity index (χ0n) is 17.1. The molecule has 0 atom stereocenters. The van der Waals surface area contributed by atoms with Gasteiger partial charge in [-0.2, -0.15) is 0 Å². The first kappa shape index (κ1) is 19.4. The molecule has 0 fully saturated rings. The fourth-order valence-electron chi connectivity index (χ4n) is 3.42. The van der Waals surface area contributed by atoms with Crippen LogP contribution in [-0.2, 0) is 13.1 Å². The van der Waals surface area contributed by atoms with Crippen LogP contribution in [0.5, 0.6) is 0 Å². The van der Waals surface area contributed by atoms with E-state index in [0.29, 0.717) is 5.92 Å². The average molecular weight is 365 g/mol. The van der Waals surface area contributed by atoms with Crippen molar-refractivity contribution < 1.29 is 0 Å². The molecule has 3 rings (SSSR count). The SMILES string of the molecule is CCN(CC)CCn1c(NCc2ccc(C(C)C)cc2)nc2ccccc21. The quantitative estimate of drug-likeness (QED) is 0.572. The van der Waals surface area contributed by atoms with Crippen LogP contribution in [-0.4, -0.2) is 34.1 Å². The lowest BCUT2D eigenvalue weighted by Gasteiger charge is -2.19. The molecule has 0 unspecified atom stereocenters. The predicted molar refractivity (Wildman–Crippen MR) is 115 cm³/mol. The van der Waals surface area contributed by atoms with Crippen molar-refractivity contribution in [3.05, 3.63) is 59.7 Å². The van der Waals surface area contributed by atoms with Gasteiger partial charge in [-0.3, -0.25) is 0 Å². The Balaban J connectivity index is 1.77. The zero-order chi connectivity index (χ0) is 19.2. The molecule has 0 aliphatic heterocycles. The molecule has 1 aromatic heterocycles. The topological polar surface area (TPSA) is 33.1 Å². The Labute approximate surface area is 163 Å². The lowest BCUT2D eigenvalue weighted by molar-refractivity contribution is 0.292. The molecule has 2 aromatic carbocycles. The number of benzene rings is 2. The van der Waals surface area contributed by atoms with E-state index in [0.717, 1.165) is 44.2 Å². The first-order chi connectivity index (χ1) is 13.1. The highest BCUT2D eigenvalue weighted by Crippen LogP contribution is 2.21. The highest BCUT2D eigenvalue weighted by atomic mass is 15.2. The molecular weight excluding hydrogens is 332 g/mol. The van der Waals surface area contributed by atoms with Gasteiger partial charge < -0.3 is 14.8 Å². The Bertz CT molecular complexity index is 844. The molecule has 0 radical (unpaired) electrons. The first-order valence-corrected chi connectivity index (χ1v) is 10.1. The maximum Gasteiger partial charge on any atom is 0.204 e. The van der Waals surface area contributed by atoms with Crippen molar-refractivity contribution in [2.24, 2.45) is 0 Å². The summed E-state index contributed by atoms with van der Waals surface area (Å²) in [4.78, 5) is 7.28. The molecule has 27 heavy (non-hydrogen) atoms. The molecule has 144 valence electrons. The summed E-state index contributed by atoms with van der Waals surface area (Å²) in [7, 11) is 0. The van der Waals surface area contributed by atoms with E-state index >= 15 is 0 Å². The molecule has 1 N–H and O–H groups in total. The second-order valence-corrected chi connectivity index (χ2v) is 7.35. The lowest BCUT2D eigenvalue weighted by Crippen LogP contribution is -2.27. The van der Waals surface area contributed by atoms with Crippen LogP contribution in [0, 0.1) is 0 Å². The van der Waals surface area contributed by atoms with Crippen molar-refractivity contribution in [3.63, 3.8) is 0 Å². The molecule has 0 aliphatic rings. The molecule has 3 aromatic rings. The van der Waals surface area contributed by atoms with E-state index in [1.165, 1.54) is 16.6 Å². The van der Waals surface area contributed by atoms with E-state index in [4.69, 9.17) is 4.98 Å². The smallest absolute Gasteiger partial charge is 0.204 e. The van der Waals surface area contributed by atoms with Crippen LogP contribution < -0.4 is 5.32 Å². The predicted octanol–water partition coefficient (Wildman–Crippen LogP) is 5.11. The summed E-state index contributed by atoms with van der Waals surface area (Å²) in [5, 5.41) is 3.56. The third kappa shape index (κ3) is 4.69. The molecular formula is C23H32N4. The Kier molecular flexibility index (Phi) is 6.51. The summed E-state index contributed by atoms with van der Waals surface area (Å²) in [6, 6.07) is 17.3. The number of anilines is 1. The maximum atomic E-state index is 4.84. The van der Waals surface area contributed by atoms with E-state index in [1.807, 2.05) is 0 Å². The van der Waals surface area contributed by atoms with E-state index < -0.39 is 0 Å². The number of aromatic nitrogens is 2. The minimum absolute atomic E-state index is 0.566.